The summed E-state index contributed by atoms with van der Waals surface area (Å²) in [7, 11) is 5.89. The predicted octanol–water partition coefficient (Wildman–Crippen LogP) is 0.973. The van der Waals surface area contributed by atoms with Gasteiger partial charge in [-0.25, -0.2) is 0 Å². The van der Waals surface area contributed by atoms with Gasteiger partial charge in [-0.15, -0.1) is 0 Å². The number of hydrogen-bond donors (Lipinski definition) is 0. The Balaban J connectivity index is 3.06. The number of nitrogens with zero attached hydrogens (tertiary/aromatic N) is 1. The number of methoxy groups -OCH3 is 1. The summed E-state index contributed by atoms with van der Waals surface area (Å²) < 4.78 is 5.07. The van der Waals surface area contributed by atoms with Crippen molar-refractivity contribution in [1.29, 1.82) is 0 Å². The minimum atomic E-state index is 0.396. The fourth-order valence-corrected chi connectivity index (χ4v) is 0.558. The number of rotatable bonds is 4. The first-order valence-corrected chi connectivity index (χ1v) is 3.34. The van der Waals surface area contributed by atoms with Crippen molar-refractivity contribution in [2.24, 2.45) is 0 Å². The van der Waals surface area contributed by atoms with Crippen molar-refractivity contribution >= 4 is 0 Å². The van der Waals surface area contributed by atoms with Crippen LogP contribution in [0.4, 0.5) is 0 Å². The highest BCUT2D eigenvalue weighted by Gasteiger charge is 1.98. The van der Waals surface area contributed by atoms with Crippen molar-refractivity contribution in [2.75, 3.05) is 27.7 Å². The zero-order chi connectivity index (χ0) is 7.28. The summed E-state index contributed by atoms with van der Waals surface area (Å²) in [6.07, 6.45) is 1.51. The van der Waals surface area contributed by atoms with Crippen LogP contribution >= 0.6 is 0 Å². The van der Waals surface area contributed by atoms with Gasteiger partial charge in [0.15, 0.2) is 0 Å². The molecule has 1 unspecified atom stereocenters. The van der Waals surface area contributed by atoms with E-state index in [-0.39, 0.29) is 0 Å². The van der Waals surface area contributed by atoms with Crippen molar-refractivity contribution in [3.8, 4) is 0 Å². The van der Waals surface area contributed by atoms with Gasteiger partial charge in [-0.3, -0.25) is 0 Å². The molecule has 2 nitrogen and oxygen atoms in total. The van der Waals surface area contributed by atoms with Gasteiger partial charge < -0.3 is 9.64 Å². The first-order valence-electron chi connectivity index (χ1n) is 3.34. The van der Waals surface area contributed by atoms with E-state index in [9.17, 15) is 0 Å². The second-order valence-corrected chi connectivity index (χ2v) is 2.64. The summed E-state index contributed by atoms with van der Waals surface area (Å²) in [4.78, 5) is 2.16. The van der Waals surface area contributed by atoms with Gasteiger partial charge in [0.2, 0.25) is 0 Å². The average Bonchev–Trinajstić information content (AvgIpc) is 1.83. The minimum absolute atomic E-state index is 0.396. The van der Waals surface area contributed by atoms with E-state index in [2.05, 4.69) is 25.9 Å². The summed E-state index contributed by atoms with van der Waals surface area (Å²) >= 11 is 0. The molecule has 0 aliphatic carbocycles. The quantitative estimate of drug-likeness (QED) is 0.563. The van der Waals surface area contributed by atoms with E-state index in [4.69, 9.17) is 4.74 Å². The summed E-state index contributed by atoms with van der Waals surface area (Å²) in [5.74, 6) is 0. The third-order valence-electron chi connectivity index (χ3n) is 1.39. The molecule has 0 bridgehead atoms. The Labute approximate surface area is 57.8 Å². The molecule has 0 spiro atoms. The zero-order valence-corrected chi connectivity index (χ0v) is 6.85. The Morgan fingerprint density at radius 2 is 2.00 bits per heavy atom. The lowest BCUT2D eigenvalue weighted by Crippen LogP contribution is -2.18. The van der Waals surface area contributed by atoms with Crippen LogP contribution in [0.1, 0.15) is 13.3 Å². The molecule has 1 atom stereocenters. The van der Waals surface area contributed by atoms with E-state index in [0.29, 0.717) is 6.10 Å². The van der Waals surface area contributed by atoms with Gasteiger partial charge in [0.05, 0.1) is 6.10 Å². The molecule has 0 fully saturated rings. The molecule has 0 rings (SSSR count). The highest BCUT2D eigenvalue weighted by Crippen LogP contribution is 1.94. The van der Waals surface area contributed by atoms with Crippen molar-refractivity contribution in [1.82, 2.24) is 4.90 Å². The molecule has 0 aliphatic rings. The van der Waals surface area contributed by atoms with Crippen LogP contribution < -0.4 is 0 Å². The monoisotopic (exact) mass is 131 g/mol. The Morgan fingerprint density at radius 1 is 1.44 bits per heavy atom. The lowest BCUT2D eigenvalue weighted by atomic mass is 10.3. The third-order valence-corrected chi connectivity index (χ3v) is 1.39. The molecular weight excluding hydrogens is 114 g/mol. The topological polar surface area (TPSA) is 12.5 Å². The fourth-order valence-electron chi connectivity index (χ4n) is 0.558. The largest absolute Gasteiger partial charge is 0.382 e. The van der Waals surface area contributed by atoms with Gasteiger partial charge in [-0.2, -0.15) is 0 Å². The van der Waals surface area contributed by atoms with Crippen LogP contribution in [0.3, 0.4) is 0 Å². The molecule has 0 radical (unpaired) electrons. The molecule has 0 aliphatic heterocycles. The highest BCUT2D eigenvalue weighted by molar-refractivity contribution is 4.51. The van der Waals surface area contributed by atoms with Crippen LogP contribution in [0.25, 0.3) is 0 Å². The molecule has 9 heavy (non-hydrogen) atoms. The molecule has 0 heterocycles. The van der Waals surface area contributed by atoms with E-state index in [1.54, 1.807) is 7.11 Å². The normalized spacial score (nSPS) is 14.3. The highest BCUT2D eigenvalue weighted by atomic mass is 16.5. The average molecular weight is 131 g/mol. The SMILES string of the molecule is COC(C)CCN(C)C. The third kappa shape index (κ3) is 5.80. The zero-order valence-electron chi connectivity index (χ0n) is 6.85. The smallest absolute Gasteiger partial charge is 0.0555 e. The lowest BCUT2D eigenvalue weighted by molar-refractivity contribution is 0.103. The van der Waals surface area contributed by atoms with Gasteiger partial charge in [0, 0.05) is 7.11 Å². The van der Waals surface area contributed by atoms with Gasteiger partial charge in [0.25, 0.3) is 0 Å². The van der Waals surface area contributed by atoms with Gasteiger partial charge in [-0.05, 0) is 34.0 Å². The van der Waals surface area contributed by atoms with Gasteiger partial charge in [-0.1, -0.05) is 0 Å². The van der Waals surface area contributed by atoms with Crippen LogP contribution in [-0.4, -0.2) is 38.8 Å². The fraction of sp³-hybridized carbons (Fsp3) is 1.00. The maximum Gasteiger partial charge on any atom is 0.0555 e. The second-order valence-electron chi connectivity index (χ2n) is 2.64. The van der Waals surface area contributed by atoms with E-state index in [0.717, 1.165) is 13.0 Å². The molecule has 0 aromatic carbocycles. The maximum atomic E-state index is 5.07. The van der Waals surface area contributed by atoms with Crippen molar-refractivity contribution in [3.63, 3.8) is 0 Å². The molecular formula is C7H17NO. The molecule has 2 heteroatoms. The standard InChI is InChI=1S/C7H17NO/c1-7(9-4)5-6-8(2)3/h7H,5-6H2,1-4H3. The van der Waals surface area contributed by atoms with E-state index < -0.39 is 0 Å². The summed E-state index contributed by atoms with van der Waals surface area (Å²) in [6, 6.07) is 0. The Bertz CT molecular complexity index is 63.9. The van der Waals surface area contributed by atoms with Crippen LogP contribution in [0.5, 0.6) is 0 Å². The summed E-state index contributed by atoms with van der Waals surface area (Å²) in [5, 5.41) is 0. The number of hydrogen-bond acceptors (Lipinski definition) is 2. The van der Waals surface area contributed by atoms with Gasteiger partial charge >= 0.3 is 0 Å². The van der Waals surface area contributed by atoms with Crippen LogP contribution in [-0.2, 0) is 4.74 Å². The van der Waals surface area contributed by atoms with Gasteiger partial charge in [0.1, 0.15) is 0 Å². The molecule has 0 N–H and O–H groups in total. The van der Waals surface area contributed by atoms with E-state index in [1.165, 1.54) is 0 Å². The summed E-state index contributed by atoms with van der Waals surface area (Å²) in [6.45, 7) is 3.19. The lowest BCUT2D eigenvalue weighted by Gasteiger charge is -2.12. The number of ether oxygens (including phenoxy) is 1. The molecule has 0 saturated carbocycles. The Morgan fingerprint density at radius 3 is 2.33 bits per heavy atom. The first kappa shape index (κ1) is 8.92. The van der Waals surface area contributed by atoms with Crippen molar-refractivity contribution < 1.29 is 4.74 Å². The Hall–Kier alpha value is -0.0800. The molecule has 56 valence electrons. The molecule has 0 saturated heterocycles. The second kappa shape index (κ2) is 4.77. The van der Waals surface area contributed by atoms with E-state index >= 15 is 0 Å². The minimum Gasteiger partial charge on any atom is -0.382 e. The summed E-state index contributed by atoms with van der Waals surface area (Å²) in [5.41, 5.74) is 0. The van der Waals surface area contributed by atoms with Crippen LogP contribution in [0.2, 0.25) is 0 Å². The first-order chi connectivity index (χ1) is 4.16. The molecule has 0 amide bonds. The van der Waals surface area contributed by atoms with Crippen molar-refractivity contribution in [2.45, 2.75) is 19.4 Å². The van der Waals surface area contributed by atoms with Crippen molar-refractivity contribution in [3.05, 3.63) is 0 Å². The van der Waals surface area contributed by atoms with Crippen LogP contribution in [0.15, 0.2) is 0 Å². The maximum absolute atomic E-state index is 5.07. The Kier molecular flexibility index (Phi) is 4.72. The molecule has 0 aromatic rings. The van der Waals surface area contributed by atoms with E-state index in [1.807, 2.05) is 0 Å². The molecule has 0 aromatic heterocycles. The predicted molar refractivity (Wildman–Crippen MR) is 39.6 cm³/mol. The van der Waals surface area contributed by atoms with Crippen LogP contribution in [0, 0.1) is 0 Å².